The van der Waals surface area contributed by atoms with Gasteiger partial charge in [0, 0.05) is 5.71 Å². The van der Waals surface area contributed by atoms with Gasteiger partial charge >= 0.3 is 0 Å². The van der Waals surface area contributed by atoms with Crippen molar-refractivity contribution < 1.29 is 0 Å². The highest BCUT2D eigenvalue weighted by atomic mass is 14.7. The molecule has 0 saturated carbocycles. The predicted molar refractivity (Wildman–Crippen MR) is 172 cm³/mol. The van der Waals surface area contributed by atoms with Gasteiger partial charge in [0.25, 0.3) is 0 Å². The summed E-state index contributed by atoms with van der Waals surface area (Å²) in [4.78, 5) is 5.18. The molecule has 2 rings (SSSR count). The molecule has 0 bridgehead atoms. The number of aryl methyl sites for hydroxylation is 4. The Hall–Kier alpha value is -2.15. The second kappa shape index (κ2) is 18.2. The molecule has 0 aliphatic heterocycles. The molecule has 0 N–H and O–H groups in total. The van der Waals surface area contributed by atoms with Crippen LogP contribution in [0.3, 0.4) is 0 Å². The lowest BCUT2D eigenvalue weighted by atomic mass is 9.89. The second-order valence-corrected chi connectivity index (χ2v) is 11.3. The Bertz CT molecular complexity index is 1020. The van der Waals surface area contributed by atoms with E-state index in [0.29, 0.717) is 0 Å². The van der Waals surface area contributed by atoms with E-state index >= 15 is 0 Å². The van der Waals surface area contributed by atoms with Crippen molar-refractivity contribution in [1.82, 2.24) is 0 Å². The largest absolute Gasteiger partial charge is 0.253 e. The molecule has 210 valence electrons. The summed E-state index contributed by atoms with van der Waals surface area (Å²) >= 11 is 0. The average molecular weight is 516 g/mol. The van der Waals surface area contributed by atoms with E-state index in [4.69, 9.17) is 4.99 Å². The van der Waals surface area contributed by atoms with Crippen molar-refractivity contribution in [3.63, 3.8) is 0 Å². The fraction of sp³-hybridized carbons (Fsp3) is 0.595. The number of hydrogen-bond donors (Lipinski definition) is 0. The van der Waals surface area contributed by atoms with Crippen molar-refractivity contribution in [1.29, 1.82) is 0 Å². The van der Waals surface area contributed by atoms with Crippen LogP contribution in [-0.2, 0) is 25.7 Å². The van der Waals surface area contributed by atoms with Crippen LogP contribution in [0.4, 0.5) is 5.69 Å². The first-order chi connectivity index (χ1) is 18.4. The standard InChI is InChI=1S/C37H57N/c1-8-13-16-18-20-31-23-29(6)24-35(28-31)38-37(12-5)30(7)25-32-26-33(11-4)36(22-15-10-3)34(27-32)21-19-17-14-9-2/h23-28H,8-22H2,1-7H3. The molecule has 0 atom stereocenters. The van der Waals surface area contributed by atoms with Crippen LogP contribution in [-0.4, -0.2) is 5.71 Å². The Morgan fingerprint density at radius 2 is 1.34 bits per heavy atom. The zero-order valence-corrected chi connectivity index (χ0v) is 26.0. The highest BCUT2D eigenvalue weighted by Gasteiger charge is 2.11. The Kier molecular flexibility index (Phi) is 15.4. The number of aliphatic imine (C=N–C) groups is 1. The summed E-state index contributed by atoms with van der Waals surface area (Å²) in [6.45, 7) is 15.9. The fourth-order valence-electron chi connectivity index (χ4n) is 5.60. The smallest absolute Gasteiger partial charge is 0.0638 e. The van der Waals surface area contributed by atoms with E-state index in [0.717, 1.165) is 24.9 Å². The fourth-order valence-corrected chi connectivity index (χ4v) is 5.60. The molecule has 1 heteroatoms. The topological polar surface area (TPSA) is 12.4 Å². The molecule has 0 aliphatic rings. The lowest BCUT2D eigenvalue weighted by Gasteiger charge is -2.17. The highest BCUT2D eigenvalue weighted by molar-refractivity contribution is 6.04. The summed E-state index contributed by atoms with van der Waals surface area (Å²) in [5.41, 5.74) is 12.5. The Labute approximate surface area is 236 Å². The molecule has 0 aromatic heterocycles. The van der Waals surface area contributed by atoms with Gasteiger partial charge in [0.1, 0.15) is 0 Å². The SMILES string of the molecule is CCCCCCc1cc(C)cc(N=C(CC)C(C)=Cc2cc(CC)c(CCCC)c(CCCCCC)c2)c1. The van der Waals surface area contributed by atoms with E-state index in [1.807, 2.05) is 0 Å². The number of unbranched alkanes of at least 4 members (excludes halogenated alkanes) is 7. The molecular weight excluding hydrogens is 458 g/mol. The molecule has 0 unspecified atom stereocenters. The summed E-state index contributed by atoms with van der Waals surface area (Å²) in [6.07, 6.45) is 21.1. The zero-order chi connectivity index (χ0) is 27.8. The van der Waals surface area contributed by atoms with Gasteiger partial charge in [-0.3, -0.25) is 4.99 Å². The molecule has 1 nitrogen and oxygen atoms in total. The Balaban J connectivity index is 2.35. The van der Waals surface area contributed by atoms with Crippen molar-refractivity contribution in [2.45, 2.75) is 145 Å². The minimum Gasteiger partial charge on any atom is -0.253 e. The molecule has 0 heterocycles. The minimum absolute atomic E-state index is 0.946. The van der Waals surface area contributed by atoms with E-state index in [-0.39, 0.29) is 0 Å². The van der Waals surface area contributed by atoms with Crippen LogP contribution >= 0.6 is 0 Å². The Morgan fingerprint density at radius 3 is 1.97 bits per heavy atom. The molecule has 0 spiro atoms. The maximum atomic E-state index is 5.18. The summed E-state index contributed by atoms with van der Waals surface area (Å²) in [7, 11) is 0. The van der Waals surface area contributed by atoms with Crippen molar-refractivity contribution in [2.24, 2.45) is 4.99 Å². The summed E-state index contributed by atoms with van der Waals surface area (Å²) in [5, 5.41) is 0. The third-order valence-electron chi connectivity index (χ3n) is 7.80. The maximum absolute atomic E-state index is 5.18. The summed E-state index contributed by atoms with van der Waals surface area (Å²) in [6, 6.07) is 11.8. The van der Waals surface area contributed by atoms with Gasteiger partial charge in [-0.15, -0.1) is 0 Å². The van der Waals surface area contributed by atoms with Gasteiger partial charge in [0.2, 0.25) is 0 Å². The second-order valence-electron chi connectivity index (χ2n) is 11.3. The van der Waals surface area contributed by atoms with E-state index in [9.17, 15) is 0 Å². The number of hydrogen-bond acceptors (Lipinski definition) is 1. The third kappa shape index (κ3) is 10.9. The van der Waals surface area contributed by atoms with Crippen LogP contribution < -0.4 is 0 Å². The van der Waals surface area contributed by atoms with Gasteiger partial charge in [-0.25, -0.2) is 0 Å². The van der Waals surface area contributed by atoms with Crippen LogP contribution in [0.25, 0.3) is 6.08 Å². The quantitative estimate of drug-likeness (QED) is 0.138. The third-order valence-corrected chi connectivity index (χ3v) is 7.80. The maximum Gasteiger partial charge on any atom is 0.0638 e. The van der Waals surface area contributed by atoms with E-state index < -0.39 is 0 Å². The molecule has 0 fully saturated rings. The molecule has 0 amide bonds. The first kappa shape index (κ1) is 32.1. The summed E-state index contributed by atoms with van der Waals surface area (Å²) in [5.74, 6) is 0. The van der Waals surface area contributed by atoms with E-state index in [1.165, 1.54) is 105 Å². The first-order valence-electron chi connectivity index (χ1n) is 16.0. The van der Waals surface area contributed by atoms with Gasteiger partial charge in [0.15, 0.2) is 0 Å². The van der Waals surface area contributed by atoms with E-state index in [2.05, 4.69) is 84.9 Å². The van der Waals surface area contributed by atoms with Crippen LogP contribution in [0.5, 0.6) is 0 Å². The van der Waals surface area contributed by atoms with Crippen molar-refractivity contribution >= 4 is 17.5 Å². The number of benzene rings is 2. The molecular formula is C37H57N. The van der Waals surface area contributed by atoms with Gasteiger partial charge < -0.3 is 0 Å². The monoisotopic (exact) mass is 515 g/mol. The minimum atomic E-state index is 0.946. The first-order valence-corrected chi connectivity index (χ1v) is 16.0. The zero-order valence-electron chi connectivity index (χ0n) is 26.0. The van der Waals surface area contributed by atoms with Gasteiger partial charge in [0.05, 0.1) is 5.69 Å². The van der Waals surface area contributed by atoms with Crippen LogP contribution in [0.15, 0.2) is 40.9 Å². The average Bonchev–Trinajstić information content (AvgIpc) is 2.90. The highest BCUT2D eigenvalue weighted by Crippen LogP contribution is 2.26. The lowest BCUT2D eigenvalue weighted by Crippen LogP contribution is -2.03. The van der Waals surface area contributed by atoms with Gasteiger partial charge in [-0.1, -0.05) is 104 Å². The number of nitrogens with zero attached hydrogens (tertiary/aromatic N) is 1. The lowest BCUT2D eigenvalue weighted by molar-refractivity contribution is 0.661. The molecule has 0 saturated heterocycles. The molecule has 38 heavy (non-hydrogen) atoms. The van der Waals surface area contributed by atoms with Crippen LogP contribution in [0.1, 0.15) is 146 Å². The van der Waals surface area contributed by atoms with Crippen molar-refractivity contribution in [2.75, 3.05) is 0 Å². The van der Waals surface area contributed by atoms with Gasteiger partial charge in [-0.2, -0.15) is 0 Å². The predicted octanol–water partition coefficient (Wildman–Crippen LogP) is 11.7. The van der Waals surface area contributed by atoms with Gasteiger partial charge in [-0.05, 0) is 116 Å². The van der Waals surface area contributed by atoms with Crippen LogP contribution in [0, 0.1) is 6.92 Å². The molecule has 2 aromatic carbocycles. The molecule has 0 radical (unpaired) electrons. The van der Waals surface area contributed by atoms with Crippen molar-refractivity contribution in [3.8, 4) is 0 Å². The number of rotatable bonds is 18. The molecule has 0 aliphatic carbocycles. The van der Waals surface area contributed by atoms with Crippen LogP contribution in [0.2, 0.25) is 0 Å². The Morgan fingerprint density at radius 1 is 0.684 bits per heavy atom. The van der Waals surface area contributed by atoms with Crippen molar-refractivity contribution in [3.05, 3.63) is 69.3 Å². The number of allylic oxidation sites excluding steroid dienone is 1. The van der Waals surface area contributed by atoms with E-state index in [1.54, 1.807) is 16.7 Å². The normalized spacial score (nSPS) is 12.4. The molecule has 2 aromatic rings. The summed E-state index contributed by atoms with van der Waals surface area (Å²) < 4.78 is 0.